The highest BCUT2D eigenvalue weighted by Crippen LogP contribution is 2.30. The standard InChI is InChI=1S/C13H9BrClF2N/c14-10-6-12(17)9(5-11(10)15)13(18)7-2-1-3-8(16)4-7/h1-6,13H,18H2. The fourth-order valence-corrected chi connectivity index (χ4v) is 2.14. The molecule has 0 aromatic heterocycles. The smallest absolute Gasteiger partial charge is 0.129 e. The van der Waals surface area contributed by atoms with Crippen LogP contribution < -0.4 is 5.73 Å². The van der Waals surface area contributed by atoms with Gasteiger partial charge in [0.2, 0.25) is 0 Å². The number of hydrogen-bond donors (Lipinski definition) is 1. The monoisotopic (exact) mass is 331 g/mol. The molecule has 1 nitrogen and oxygen atoms in total. The Morgan fingerprint density at radius 2 is 1.89 bits per heavy atom. The van der Waals surface area contributed by atoms with E-state index in [4.69, 9.17) is 17.3 Å². The summed E-state index contributed by atoms with van der Waals surface area (Å²) in [7, 11) is 0. The third-order valence-corrected chi connectivity index (χ3v) is 3.78. The van der Waals surface area contributed by atoms with Crippen molar-refractivity contribution in [2.24, 2.45) is 5.73 Å². The maximum Gasteiger partial charge on any atom is 0.129 e. The van der Waals surface area contributed by atoms with Gasteiger partial charge in [0.05, 0.1) is 11.1 Å². The van der Waals surface area contributed by atoms with Crippen molar-refractivity contribution >= 4 is 27.5 Å². The van der Waals surface area contributed by atoms with Crippen molar-refractivity contribution in [3.05, 3.63) is 68.7 Å². The molecule has 0 heterocycles. The molecule has 0 aliphatic carbocycles. The average Bonchev–Trinajstić information content (AvgIpc) is 2.33. The molecule has 2 rings (SSSR count). The van der Waals surface area contributed by atoms with Crippen molar-refractivity contribution in [3.8, 4) is 0 Å². The van der Waals surface area contributed by atoms with E-state index in [-0.39, 0.29) is 5.56 Å². The summed E-state index contributed by atoms with van der Waals surface area (Å²) in [6.45, 7) is 0. The predicted octanol–water partition coefficient (Wildman–Crippen LogP) is 4.43. The van der Waals surface area contributed by atoms with Gasteiger partial charge in [0.1, 0.15) is 11.6 Å². The summed E-state index contributed by atoms with van der Waals surface area (Å²) < 4.78 is 27.4. The lowest BCUT2D eigenvalue weighted by Crippen LogP contribution is -2.14. The lowest BCUT2D eigenvalue weighted by molar-refractivity contribution is 0.595. The van der Waals surface area contributed by atoms with Gasteiger partial charge >= 0.3 is 0 Å². The molecule has 0 amide bonds. The largest absolute Gasteiger partial charge is 0.320 e. The number of hydrogen-bond acceptors (Lipinski definition) is 1. The van der Waals surface area contributed by atoms with E-state index in [0.717, 1.165) is 0 Å². The first kappa shape index (κ1) is 13.5. The Bertz CT molecular complexity index is 589. The summed E-state index contributed by atoms with van der Waals surface area (Å²) in [5.41, 5.74) is 6.65. The third kappa shape index (κ3) is 2.71. The Morgan fingerprint density at radius 3 is 2.56 bits per heavy atom. The Labute approximate surface area is 117 Å². The van der Waals surface area contributed by atoms with Gasteiger partial charge in [0.15, 0.2) is 0 Å². The van der Waals surface area contributed by atoms with Crippen LogP contribution in [-0.2, 0) is 0 Å². The Morgan fingerprint density at radius 1 is 1.17 bits per heavy atom. The molecule has 0 aliphatic heterocycles. The summed E-state index contributed by atoms with van der Waals surface area (Å²) in [6, 6.07) is 7.69. The predicted molar refractivity (Wildman–Crippen MR) is 71.5 cm³/mol. The van der Waals surface area contributed by atoms with E-state index in [1.165, 1.54) is 30.3 Å². The van der Waals surface area contributed by atoms with Gasteiger partial charge in [-0.3, -0.25) is 0 Å². The molecule has 0 saturated heterocycles. The normalized spacial score (nSPS) is 12.5. The van der Waals surface area contributed by atoms with Crippen LogP contribution in [0.3, 0.4) is 0 Å². The van der Waals surface area contributed by atoms with E-state index >= 15 is 0 Å². The molecule has 5 heteroatoms. The van der Waals surface area contributed by atoms with Crippen LogP contribution in [0.5, 0.6) is 0 Å². The summed E-state index contributed by atoms with van der Waals surface area (Å²) >= 11 is 9.03. The van der Waals surface area contributed by atoms with Crippen LogP contribution in [0.25, 0.3) is 0 Å². The highest BCUT2D eigenvalue weighted by molar-refractivity contribution is 9.10. The number of halogens is 4. The zero-order valence-electron chi connectivity index (χ0n) is 9.13. The van der Waals surface area contributed by atoms with Crippen molar-refractivity contribution in [1.29, 1.82) is 0 Å². The zero-order valence-corrected chi connectivity index (χ0v) is 11.5. The van der Waals surface area contributed by atoms with Crippen LogP contribution in [0, 0.1) is 11.6 Å². The van der Waals surface area contributed by atoms with Crippen molar-refractivity contribution in [2.75, 3.05) is 0 Å². The maximum absolute atomic E-state index is 13.8. The molecule has 18 heavy (non-hydrogen) atoms. The van der Waals surface area contributed by atoms with Gasteiger partial charge in [-0.15, -0.1) is 0 Å². The fraction of sp³-hybridized carbons (Fsp3) is 0.0769. The third-order valence-electron chi connectivity index (χ3n) is 2.58. The molecule has 0 bridgehead atoms. The molecule has 2 aromatic carbocycles. The lowest BCUT2D eigenvalue weighted by atomic mass is 9.99. The highest BCUT2D eigenvalue weighted by Gasteiger charge is 2.16. The number of rotatable bonds is 2. The molecule has 94 valence electrons. The molecule has 1 unspecified atom stereocenters. The minimum Gasteiger partial charge on any atom is -0.320 e. The van der Waals surface area contributed by atoms with E-state index in [9.17, 15) is 8.78 Å². The van der Waals surface area contributed by atoms with E-state index in [2.05, 4.69) is 15.9 Å². The van der Waals surface area contributed by atoms with Crippen LogP contribution in [0.2, 0.25) is 5.02 Å². The molecule has 2 aromatic rings. The molecule has 0 fully saturated rings. The van der Waals surface area contributed by atoms with E-state index in [1.54, 1.807) is 6.07 Å². The Hall–Kier alpha value is -0.970. The second kappa shape index (κ2) is 5.34. The second-order valence-corrected chi connectivity index (χ2v) is 5.08. The van der Waals surface area contributed by atoms with Gasteiger partial charge in [-0.2, -0.15) is 0 Å². The molecule has 0 aliphatic rings. The molecule has 1 atom stereocenters. The van der Waals surface area contributed by atoms with E-state index < -0.39 is 17.7 Å². The van der Waals surface area contributed by atoms with Gasteiger partial charge in [0.25, 0.3) is 0 Å². The molecule has 0 saturated carbocycles. The summed E-state index contributed by atoms with van der Waals surface area (Å²) in [6.07, 6.45) is 0. The molecular formula is C13H9BrClF2N. The van der Waals surface area contributed by atoms with Gasteiger partial charge in [-0.05, 0) is 45.8 Å². The van der Waals surface area contributed by atoms with Crippen LogP contribution in [-0.4, -0.2) is 0 Å². The van der Waals surface area contributed by atoms with Gasteiger partial charge < -0.3 is 5.73 Å². The molecule has 2 N–H and O–H groups in total. The first-order valence-electron chi connectivity index (χ1n) is 5.14. The van der Waals surface area contributed by atoms with Crippen molar-refractivity contribution < 1.29 is 8.78 Å². The van der Waals surface area contributed by atoms with Gasteiger partial charge in [-0.25, -0.2) is 8.78 Å². The second-order valence-electron chi connectivity index (χ2n) is 3.82. The topological polar surface area (TPSA) is 26.0 Å². The number of nitrogens with two attached hydrogens (primary N) is 1. The van der Waals surface area contributed by atoms with Crippen molar-refractivity contribution in [3.63, 3.8) is 0 Å². The Balaban J connectivity index is 2.46. The van der Waals surface area contributed by atoms with Gasteiger partial charge in [-0.1, -0.05) is 23.7 Å². The Kier molecular flexibility index (Phi) is 4.00. The number of benzene rings is 2. The first-order chi connectivity index (χ1) is 8.49. The minimum atomic E-state index is -0.758. The van der Waals surface area contributed by atoms with Crippen LogP contribution >= 0.6 is 27.5 Å². The molecular weight excluding hydrogens is 324 g/mol. The molecule has 0 spiro atoms. The fourth-order valence-electron chi connectivity index (χ4n) is 1.66. The van der Waals surface area contributed by atoms with Crippen LogP contribution in [0.15, 0.2) is 40.9 Å². The van der Waals surface area contributed by atoms with E-state index in [0.29, 0.717) is 15.1 Å². The lowest BCUT2D eigenvalue weighted by Gasteiger charge is -2.14. The summed E-state index contributed by atoms with van der Waals surface area (Å²) in [5.74, 6) is -0.894. The van der Waals surface area contributed by atoms with E-state index in [1.807, 2.05) is 0 Å². The summed E-state index contributed by atoms with van der Waals surface area (Å²) in [4.78, 5) is 0. The first-order valence-corrected chi connectivity index (χ1v) is 6.31. The molecule has 0 radical (unpaired) electrons. The highest BCUT2D eigenvalue weighted by atomic mass is 79.9. The van der Waals surface area contributed by atoms with Gasteiger partial charge in [0, 0.05) is 10.0 Å². The SMILES string of the molecule is NC(c1cccc(F)c1)c1cc(Cl)c(Br)cc1F. The van der Waals surface area contributed by atoms with Crippen molar-refractivity contribution in [2.45, 2.75) is 6.04 Å². The average molecular weight is 333 g/mol. The minimum absolute atomic E-state index is 0.230. The van der Waals surface area contributed by atoms with Crippen LogP contribution in [0.4, 0.5) is 8.78 Å². The van der Waals surface area contributed by atoms with Crippen LogP contribution in [0.1, 0.15) is 17.2 Å². The maximum atomic E-state index is 13.8. The van der Waals surface area contributed by atoms with Crippen molar-refractivity contribution in [1.82, 2.24) is 0 Å². The quantitative estimate of drug-likeness (QED) is 0.809. The zero-order chi connectivity index (χ0) is 13.3. The summed E-state index contributed by atoms with van der Waals surface area (Å²) in [5, 5.41) is 0.359.